The van der Waals surface area contributed by atoms with Crippen LogP contribution in [0.2, 0.25) is 0 Å². The SMILES string of the molecule is NC1CC[C@@H]2CC3(CC[C@H]2C1)OCCO3. The second-order valence-electron chi connectivity index (χ2n) is 5.44. The Kier molecular flexibility index (Phi) is 2.49. The molecule has 0 aromatic heterocycles. The van der Waals surface area contributed by atoms with E-state index in [1.807, 2.05) is 0 Å². The Bertz CT molecular complexity index is 238. The highest BCUT2D eigenvalue weighted by molar-refractivity contribution is 4.92. The molecule has 3 nitrogen and oxygen atoms in total. The van der Waals surface area contributed by atoms with Crippen molar-refractivity contribution in [3.05, 3.63) is 0 Å². The fourth-order valence-electron chi connectivity index (χ4n) is 3.65. The summed E-state index contributed by atoms with van der Waals surface area (Å²) < 4.78 is 11.6. The summed E-state index contributed by atoms with van der Waals surface area (Å²) in [6.07, 6.45) is 7.14. The number of fused-ring (bicyclic) bond motifs is 1. The standard InChI is InChI=1S/C12H21NO2/c13-11-2-1-10-8-12(14-5-6-15-12)4-3-9(10)7-11/h9-11H,1-8,13H2/t9-,10+,11?/m0/s1. The summed E-state index contributed by atoms with van der Waals surface area (Å²) in [5.41, 5.74) is 6.02. The molecule has 1 saturated heterocycles. The molecule has 0 amide bonds. The maximum atomic E-state index is 6.02. The quantitative estimate of drug-likeness (QED) is 0.662. The average molecular weight is 211 g/mol. The van der Waals surface area contributed by atoms with Crippen LogP contribution in [0, 0.1) is 11.8 Å². The Balaban J connectivity index is 1.68. The summed E-state index contributed by atoms with van der Waals surface area (Å²) in [5.74, 6) is 1.45. The number of hydrogen-bond donors (Lipinski definition) is 1. The molecule has 1 heterocycles. The van der Waals surface area contributed by atoms with E-state index in [-0.39, 0.29) is 5.79 Å². The van der Waals surface area contributed by atoms with Crippen LogP contribution in [-0.4, -0.2) is 25.0 Å². The summed E-state index contributed by atoms with van der Waals surface area (Å²) in [5, 5.41) is 0. The number of rotatable bonds is 0. The highest BCUT2D eigenvalue weighted by atomic mass is 16.7. The summed E-state index contributed by atoms with van der Waals surface area (Å²) >= 11 is 0. The van der Waals surface area contributed by atoms with Crippen molar-refractivity contribution in [3.63, 3.8) is 0 Å². The lowest BCUT2D eigenvalue weighted by Gasteiger charge is -2.44. The Labute approximate surface area is 91.3 Å². The van der Waals surface area contributed by atoms with Crippen molar-refractivity contribution in [1.29, 1.82) is 0 Å². The first kappa shape index (κ1) is 10.1. The topological polar surface area (TPSA) is 44.5 Å². The third kappa shape index (κ3) is 1.81. The van der Waals surface area contributed by atoms with Crippen LogP contribution < -0.4 is 5.73 Å². The van der Waals surface area contributed by atoms with E-state index in [0.29, 0.717) is 6.04 Å². The minimum absolute atomic E-state index is 0.192. The van der Waals surface area contributed by atoms with Crippen LogP contribution in [0.25, 0.3) is 0 Å². The van der Waals surface area contributed by atoms with Crippen LogP contribution in [0.4, 0.5) is 0 Å². The van der Waals surface area contributed by atoms with E-state index in [2.05, 4.69) is 0 Å². The Morgan fingerprint density at radius 1 is 1.00 bits per heavy atom. The molecule has 0 aromatic carbocycles. The van der Waals surface area contributed by atoms with Gasteiger partial charge in [-0.1, -0.05) is 0 Å². The Morgan fingerprint density at radius 2 is 1.80 bits per heavy atom. The van der Waals surface area contributed by atoms with E-state index >= 15 is 0 Å². The second kappa shape index (κ2) is 3.72. The van der Waals surface area contributed by atoms with Crippen LogP contribution in [-0.2, 0) is 9.47 Å². The van der Waals surface area contributed by atoms with Gasteiger partial charge in [-0.05, 0) is 37.5 Å². The van der Waals surface area contributed by atoms with Crippen molar-refractivity contribution >= 4 is 0 Å². The highest BCUT2D eigenvalue weighted by Gasteiger charge is 2.46. The molecular formula is C12H21NO2. The molecule has 0 aromatic rings. The van der Waals surface area contributed by atoms with Crippen LogP contribution in [0.1, 0.15) is 38.5 Å². The van der Waals surface area contributed by atoms with Crippen molar-refractivity contribution < 1.29 is 9.47 Å². The first-order valence-electron chi connectivity index (χ1n) is 6.31. The zero-order chi connectivity index (χ0) is 10.3. The van der Waals surface area contributed by atoms with Gasteiger partial charge < -0.3 is 15.2 Å². The molecule has 1 aliphatic heterocycles. The van der Waals surface area contributed by atoms with Crippen LogP contribution in [0.3, 0.4) is 0 Å². The molecule has 0 bridgehead atoms. The van der Waals surface area contributed by atoms with Gasteiger partial charge in [0.2, 0.25) is 0 Å². The first-order valence-corrected chi connectivity index (χ1v) is 6.31. The maximum absolute atomic E-state index is 6.02. The van der Waals surface area contributed by atoms with Gasteiger partial charge in [0.15, 0.2) is 5.79 Å². The normalized spacial score (nSPS) is 44.2. The molecule has 2 aliphatic carbocycles. The van der Waals surface area contributed by atoms with E-state index in [1.165, 1.54) is 25.7 Å². The highest BCUT2D eigenvalue weighted by Crippen LogP contribution is 2.47. The van der Waals surface area contributed by atoms with Crippen molar-refractivity contribution in [2.45, 2.75) is 50.4 Å². The lowest BCUT2D eigenvalue weighted by atomic mass is 9.68. The van der Waals surface area contributed by atoms with Crippen molar-refractivity contribution in [2.24, 2.45) is 17.6 Å². The molecule has 1 unspecified atom stereocenters. The van der Waals surface area contributed by atoms with E-state index < -0.39 is 0 Å². The summed E-state index contributed by atoms with van der Waals surface area (Å²) in [4.78, 5) is 0. The fourth-order valence-corrected chi connectivity index (χ4v) is 3.65. The van der Waals surface area contributed by atoms with Gasteiger partial charge in [0.25, 0.3) is 0 Å². The van der Waals surface area contributed by atoms with Gasteiger partial charge in [-0.3, -0.25) is 0 Å². The van der Waals surface area contributed by atoms with Crippen molar-refractivity contribution in [2.75, 3.05) is 13.2 Å². The van der Waals surface area contributed by atoms with E-state index in [1.54, 1.807) is 0 Å². The fraction of sp³-hybridized carbons (Fsp3) is 1.00. The molecule has 2 N–H and O–H groups in total. The lowest BCUT2D eigenvalue weighted by Crippen LogP contribution is -2.44. The molecule has 3 fully saturated rings. The smallest absolute Gasteiger partial charge is 0.168 e. The molecule has 0 radical (unpaired) electrons. The molecule has 3 aliphatic rings. The van der Waals surface area contributed by atoms with Crippen molar-refractivity contribution in [3.8, 4) is 0 Å². The zero-order valence-electron chi connectivity index (χ0n) is 9.28. The monoisotopic (exact) mass is 211 g/mol. The second-order valence-corrected chi connectivity index (χ2v) is 5.44. The van der Waals surface area contributed by atoms with Crippen LogP contribution >= 0.6 is 0 Å². The Hall–Kier alpha value is -0.120. The summed E-state index contributed by atoms with van der Waals surface area (Å²) in [6.45, 7) is 1.58. The molecule has 1 spiro atoms. The van der Waals surface area contributed by atoms with Gasteiger partial charge in [0.1, 0.15) is 0 Å². The van der Waals surface area contributed by atoms with Crippen molar-refractivity contribution in [1.82, 2.24) is 0 Å². The summed E-state index contributed by atoms with van der Waals surface area (Å²) in [7, 11) is 0. The number of hydrogen-bond acceptors (Lipinski definition) is 3. The molecule has 3 rings (SSSR count). The molecule has 15 heavy (non-hydrogen) atoms. The predicted molar refractivity (Wildman–Crippen MR) is 57.3 cm³/mol. The van der Waals surface area contributed by atoms with Gasteiger partial charge in [-0.15, -0.1) is 0 Å². The van der Waals surface area contributed by atoms with E-state index in [9.17, 15) is 0 Å². The summed E-state index contributed by atoms with van der Waals surface area (Å²) in [6, 6.07) is 0.450. The van der Waals surface area contributed by atoms with Gasteiger partial charge in [0.05, 0.1) is 13.2 Å². The third-order valence-electron chi connectivity index (χ3n) is 4.46. The zero-order valence-corrected chi connectivity index (χ0v) is 9.28. The van der Waals surface area contributed by atoms with Crippen LogP contribution in [0.5, 0.6) is 0 Å². The number of ether oxygens (including phenoxy) is 2. The largest absolute Gasteiger partial charge is 0.348 e. The lowest BCUT2D eigenvalue weighted by molar-refractivity contribution is -0.198. The predicted octanol–water partition coefficient (Wildman–Crippen LogP) is 1.66. The maximum Gasteiger partial charge on any atom is 0.168 e. The third-order valence-corrected chi connectivity index (χ3v) is 4.46. The molecule has 2 saturated carbocycles. The average Bonchev–Trinajstić information content (AvgIpc) is 2.67. The van der Waals surface area contributed by atoms with E-state index in [0.717, 1.165) is 37.9 Å². The number of nitrogens with two attached hydrogens (primary N) is 1. The molecule has 3 heteroatoms. The van der Waals surface area contributed by atoms with Gasteiger partial charge >= 0.3 is 0 Å². The van der Waals surface area contributed by atoms with Gasteiger partial charge in [-0.25, -0.2) is 0 Å². The van der Waals surface area contributed by atoms with Crippen LogP contribution in [0.15, 0.2) is 0 Å². The van der Waals surface area contributed by atoms with Gasteiger partial charge in [0, 0.05) is 18.9 Å². The van der Waals surface area contributed by atoms with E-state index in [4.69, 9.17) is 15.2 Å². The minimum atomic E-state index is -0.192. The molecule has 3 atom stereocenters. The molecule has 86 valence electrons. The first-order chi connectivity index (χ1) is 7.27. The van der Waals surface area contributed by atoms with Gasteiger partial charge in [-0.2, -0.15) is 0 Å². The molecular weight excluding hydrogens is 190 g/mol. The minimum Gasteiger partial charge on any atom is -0.348 e. The Morgan fingerprint density at radius 3 is 2.60 bits per heavy atom.